The van der Waals surface area contributed by atoms with Crippen LogP contribution in [0.4, 0.5) is 28.8 Å². The zero-order valence-corrected chi connectivity index (χ0v) is 24.6. The fraction of sp³-hybridized carbons (Fsp3) is 0.310. The molecule has 5 aromatic rings. The Hall–Kier alpha value is -4.29. The molecule has 0 saturated carbocycles. The Labute approximate surface area is 239 Å². The van der Waals surface area contributed by atoms with Gasteiger partial charge >= 0.3 is 0 Å². The summed E-state index contributed by atoms with van der Waals surface area (Å²) in [5.41, 5.74) is 4.83. The summed E-state index contributed by atoms with van der Waals surface area (Å²) in [5, 5.41) is 8.28. The van der Waals surface area contributed by atoms with Crippen molar-refractivity contribution in [3.63, 3.8) is 0 Å². The number of benzene rings is 2. The van der Waals surface area contributed by atoms with Gasteiger partial charge in [0.2, 0.25) is 16.0 Å². The van der Waals surface area contributed by atoms with Gasteiger partial charge in [0, 0.05) is 55.2 Å². The van der Waals surface area contributed by atoms with Crippen LogP contribution in [0.15, 0.2) is 54.9 Å². The van der Waals surface area contributed by atoms with Crippen molar-refractivity contribution in [3.8, 4) is 5.75 Å². The number of likely N-dealkylation sites (N-methyl/N-ethyl adjacent to an activating group) is 1. The summed E-state index contributed by atoms with van der Waals surface area (Å²) in [4.78, 5) is 17.4. The van der Waals surface area contributed by atoms with Crippen molar-refractivity contribution in [2.45, 2.75) is 19.9 Å². The second-order valence-electron chi connectivity index (χ2n) is 10.6. The molecule has 1 saturated heterocycles. The Kier molecular flexibility index (Phi) is 6.74. The minimum absolute atomic E-state index is 0.367. The van der Waals surface area contributed by atoms with Gasteiger partial charge in [0.25, 0.3) is 0 Å². The van der Waals surface area contributed by atoms with Crippen LogP contribution in [0.25, 0.3) is 21.9 Å². The van der Waals surface area contributed by atoms with E-state index in [1.165, 1.54) is 10.2 Å². The minimum Gasteiger partial charge on any atom is -0.494 e. The molecule has 214 valence electrons. The molecule has 0 aliphatic carbocycles. The number of fused-ring (bicyclic) bond motifs is 2. The van der Waals surface area contributed by atoms with E-state index in [4.69, 9.17) is 9.72 Å². The Morgan fingerprint density at radius 2 is 1.90 bits per heavy atom. The maximum absolute atomic E-state index is 12.5. The number of aryl methyl sites for hydroxylation is 1. The van der Waals surface area contributed by atoms with Crippen LogP contribution in [-0.4, -0.2) is 78.3 Å². The molecule has 1 aliphatic heterocycles. The van der Waals surface area contributed by atoms with Crippen molar-refractivity contribution in [2.75, 3.05) is 55.6 Å². The fourth-order valence-electron chi connectivity index (χ4n) is 5.43. The highest BCUT2D eigenvalue weighted by atomic mass is 32.2. The Bertz CT molecular complexity index is 1860. The molecule has 3 aromatic heterocycles. The zero-order chi connectivity index (χ0) is 28.9. The quantitative estimate of drug-likeness (QED) is 0.255. The minimum atomic E-state index is -3.51. The number of H-pyrrole nitrogens is 1. The summed E-state index contributed by atoms with van der Waals surface area (Å²) in [7, 11) is 0.316. The SMILES string of the molecule is COc1cc(N2CCN(C)C(C)C2)c(C)cc1Nc1nc(Nc2cccc3ccn(S(C)(=O)=O)c23)c2cc[nH]c2n1. The number of hydrogen-bond donors (Lipinski definition) is 3. The average Bonchev–Trinajstić information content (AvgIpc) is 3.59. The summed E-state index contributed by atoms with van der Waals surface area (Å²) >= 11 is 0. The van der Waals surface area contributed by atoms with E-state index in [9.17, 15) is 8.42 Å². The lowest BCUT2D eigenvalue weighted by atomic mass is 10.1. The van der Waals surface area contributed by atoms with Gasteiger partial charge in [-0.1, -0.05) is 12.1 Å². The van der Waals surface area contributed by atoms with E-state index >= 15 is 0 Å². The van der Waals surface area contributed by atoms with E-state index in [1.807, 2.05) is 24.3 Å². The number of nitrogens with one attached hydrogen (secondary N) is 3. The average molecular weight is 575 g/mol. The second kappa shape index (κ2) is 10.3. The predicted molar refractivity (Wildman–Crippen MR) is 165 cm³/mol. The van der Waals surface area contributed by atoms with Crippen molar-refractivity contribution >= 4 is 60.8 Å². The highest BCUT2D eigenvalue weighted by Gasteiger charge is 2.23. The van der Waals surface area contributed by atoms with Crippen LogP contribution in [0.2, 0.25) is 0 Å². The maximum Gasteiger partial charge on any atom is 0.236 e. The van der Waals surface area contributed by atoms with Crippen LogP contribution in [-0.2, 0) is 10.0 Å². The lowest BCUT2D eigenvalue weighted by molar-refractivity contribution is 0.234. The van der Waals surface area contributed by atoms with E-state index < -0.39 is 10.0 Å². The molecule has 0 bridgehead atoms. The lowest BCUT2D eigenvalue weighted by Crippen LogP contribution is -2.50. The number of piperazine rings is 1. The van der Waals surface area contributed by atoms with Crippen LogP contribution in [0.1, 0.15) is 12.5 Å². The molecule has 2 aromatic carbocycles. The first-order valence-corrected chi connectivity index (χ1v) is 15.3. The number of hydrogen-bond acceptors (Lipinski definition) is 9. The number of methoxy groups -OCH3 is 1. The molecule has 41 heavy (non-hydrogen) atoms. The molecule has 3 N–H and O–H groups in total. The highest BCUT2D eigenvalue weighted by Crippen LogP contribution is 2.36. The third-order valence-electron chi connectivity index (χ3n) is 7.77. The molecular formula is C29H34N8O3S. The van der Waals surface area contributed by atoms with E-state index in [0.717, 1.165) is 47.3 Å². The van der Waals surface area contributed by atoms with E-state index in [-0.39, 0.29) is 0 Å². The van der Waals surface area contributed by atoms with E-state index in [1.54, 1.807) is 25.6 Å². The van der Waals surface area contributed by atoms with Gasteiger partial charge in [-0.15, -0.1) is 0 Å². The molecule has 6 rings (SSSR count). The van der Waals surface area contributed by atoms with E-state index in [0.29, 0.717) is 40.4 Å². The zero-order valence-electron chi connectivity index (χ0n) is 23.8. The number of anilines is 5. The van der Waals surface area contributed by atoms with Crippen molar-refractivity contribution in [1.29, 1.82) is 0 Å². The summed E-state index contributed by atoms with van der Waals surface area (Å²) in [6, 6.07) is 13.8. The highest BCUT2D eigenvalue weighted by molar-refractivity contribution is 7.89. The standard InChI is InChI=1S/C29H34N8O3S/c1-18-15-23(25(40-4)16-24(18)36-14-13-35(3)19(2)17-36)32-29-33-27-21(9-11-30-27)28(34-29)31-22-8-6-7-20-10-12-37(26(20)22)41(5,38)39/h6-12,15-16,19H,13-14,17H2,1-5H3,(H3,30,31,32,33,34). The van der Waals surface area contributed by atoms with Crippen LogP contribution in [0, 0.1) is 6.92 Å². The van der Waals surface area contributed by atoms with Crippen molar-refractivity contribution in [2.24, 2.45) is 0 Å². The smallest absolute Gasteiger partial charge is 0.236 e. The third-order valence-corrected chi connectivity index (χ3v) is 8.79. The van der Waals surface area contributed by atoms with Crippen LogP contribution >= 0.6 is 0 Å². The molecule has 0 radical (unpaired) electrons. The first-order chi connectivity index (χ1) is 19.6. The molecule has 1 unspecified atom stereocenters. The van der Waals surface area contributed by atoms with Gasteiger partial charge < -0.3 is 30.2 Å². The number of ether oxygens (including phenoxy) is 1. The van der Waals surface area contributed by atoms with Gasteiger partial charge in [0.15, 0.2) is 0 Å². The summed E-state index contributed by atoms with van der Waals surface area (Å²) in [5.74, 6) is 1.59. The summed E-state index contributed by atoms with van der Waals surface area (Å²) < 4.78 is 32.0. The van der Waals surface area contributed by atoms with Crippen LogP contribution < -0.4 is 20.3 Å². The van der Waals surface area contributed by atoms with Gasteiger partial charge in [-0.25, -0.2) is 12.4 Å². The molecule has 1 fully saturated rings. The molecular weight excluding hydrogens is 540 g/mol. The number of nitrogens with zero attached hydrogens (tertiary/aromatic N) is 5. The number of para-hydroxylation sites is 1. The molecule has 1 aliphatic rings. The topological polar surface area (TPSA) is 120 Å². The number of rotatable bonds is 7. The van der Waals surface area contributed by atoms with Crippen LogP contribution in [0.3, 0.4) is 0 Å². The second-order valence-corrected chi connectivity index (χ2v) is 12.5. The fourth-order valence-corrected chi connectivity index (χ4v) is 6.25. The Balaban J connectivity index is 1.36. The lowest BCUT2D eigenvalue weighted by Gasteiger charge is -2.39. The molecule has 11 nitrogen and oxygen atoms in total. The third kappa shape index (κ3) is 5.04. The normalized spacial score (nSPS) is 16.4. The van der Waals surface area contributed by atoms with Crippen molar-refractivity contribution in [3.05, 3.63) is 60.4 Å². The predicted octanol–water partition coefficient (Wildman–Crippen LogP) is 4.66. The van der Waals surface area contributed by atoms with Crippen LogP contribution in [0.5, 0.6) is 5.75 Å². The molecule has 1 atom stereocenters. The number of aromatic amines is 1. The monoisotopic (exact) mass is 574 g/mol. The number of aromatic nitrogens is 4. The molecule has 0 spiro atoms. The Morgan fingerprint density at radius 3 is 2.66 bits per heavy atom. The van der Waals surface area contributed by atoms with Gasteiger partial charge in [-0.05, 0) is 50.7 Å². The molecule has 12 heteroatoms. The largest absolute Gasteiger partial charge is 0.494 e. The van der Waals surface area contributed by atoms with Gasteiger partial charge in [-0.3, -0.25) is 0 Å². The summed E-state index contributed by atoms with van der Waals surface area (Å²) in [6.07, 6.45) is 4.54. The van der Waals surface area contributed by atoms with Gasteiger partial charge in [0.1, 0.15) is 17.2 Å². The summed E-state index contributed by atoms with van der Waals surface area (Å²) in [6.45, 7) is 7.25. The maximum atomic E-state index is 12.5. The molecule has 0 amide bonds. The van der Waals surface area contributed by atoms with E-state index in [2.05, 4.69) is 63.4 Å². The van der Waals surface area contributed by atoms with Gasteiger partial charge in [-0.2, -0.15) is 9.97 Å². The Morgan fingerprint density at radius 1 is 1.07 bits per heavy atom. The first kappa shape index (κ1) is 26.9. The van der Waals surface area contributed by atoms with Crippen molar-refractivity contribution < 1.29 is 13.2 Å². The van der Waals surface area contributed by atoms with Gasteiger partial charge in [0.05, 0.1) is 35.6 Å². The van der Waals surface area contributed by atoms with Crippen molar-refractivity contribution in [1.82, 2.24) is 23.8 Å². The first-order valence-electron chi connectivity index (χ1n) is 13.5. The molecule has 4 heterocycles.